The van der Waals surface area contributed by atoms with Crippen molar-refractivity contribution in [3.8, 4) is 11.5 Å². The van der Waals surface area contributed by atoms with Gasteiger partial charge in [0.15, 0.2) is 0 Å². The first-order chi connectivity index (χ1) is 8.72. The van der Waals surface area contributed by atoms with Crippen LogP contribution in [0.2, 0.25) is 0 Å². The number of benzene rings is 1. The Bertz CT molecular complexity index is 763. The van der Waals surface area contributed by atoms with Crippen LogP contribution in [0.5, 0.6) is 11.5 Å². The van der Waals surface area contributed by atoms with E-state index in [0.717, 1.165) is 4.35 Å². The Morgan fingerprint density at radius 2 is 2.11 bits per heavy atom. The van der Waals surface area contributed by atoms with Gasteiger partial charge in [0.1, 0.15) is 0 Å². The number of H-pyrrole nitrogens is 2. The van der Waals surface area contributed by atoms with Crippen molar-refractivity contribution >= 4 is 32.4 Å². The van der Waals surface area contributed by atoms with Crippen LogP contribution in [-0.4, -0.2) is 31.8 Å². The zero-order valence-corrected chi connectivity index (χ0v) is 11.1. The fourth-order valence-corrected chi connectivity index (χ4v) is 2.12. The van der Waals surface area contributed by atoms with Crippen LogP contribution in [0.4, 0.5) is 0 Å². The van der Waals surface area contributed by atoms with E-state index in [9.17, 15) is 4.79 Å². The van der Waals surface area contributed by atoms with Gasteiger partial charge in [0, 0.05) is 0 Å². The summed E-state index contributed by atoms with van der Waals surface area (Å²) < 4.78 is 6.79. The summed E-state index contributed by atoms with van der Waals surface area (Å²) in [6, 6.07) is 9.34. The van der Waals surface area contributed by atoms with E-state index in [-0.39, 0.29) is 5.69 Å². The van der Waals surface area contributed by atoms with Crippen LogP contribution in [0.3, 0.4) is 0 Å². The average molecular weight is 301 g/mol. The molecule has 3 aromatic rings. The molecule has 0 saturated heterocycles. The van der Waals surface area contributed by atoms with Crippen LogP contribution in [0.15, 0.2) is 41.3 Å². The molecule has 0 fully saturated rings. The number of nitrogens with zero attached hydrogens (tertiary/aromatic N) is 1. The van der Waals surface area contributed by atoms with Crippen LogP contribution in [0.25, 0.3) is 11.2 Å². The zero-order valence-electron chi connectivity index (χ0n) is 9.18. The second kappa shape index (κ2) is 4.35. The summed E-state index contributed by atoms with van der Waals surface area (Å²) in [5, 5.41) is 0. The molecule has 0 aliphatic carbocycles. The van der Waals surface area contributed by atoms with Gasteiger partial charge in [0.05, 0.1) is 0 Å². The molecule has 0 unspecified atom stereocenters. The minimum atomic E-state index is -0.297. The van der Waals surface area contributed by atoms with E-state index < -0.39 is 0 Å². The Morgan fingerprint density at radius 3 is 2.94 bits per heavy atom. The number of aromatic nitrogens is 3. The van der Waals surface area contributed by atoms with Gasteiger partial charge in [0.25, 0.3) is 0 Å². The number of ether oxygens (including phenoxy) is 1. The molecule has 2 heterocycles. The van der Waals surface area contributed by atoms with E-state index in [4.69, 9.17) is 4.74 Å². The summed E-state index contributed by atoms with van der Waals surface area (Å²) in [7, 11) is 0. The molecule has 1 aromatic carbocycles. The van der Waals surface area contributed by atoms with Crippen molar-refractivity contribution in [1.29, 1.82) is 0 Å². The molecule has 5 nitrogen and oxygen atoms in total. The van der Waals surface area contributed by atoms with Crippen molar-refractivity contribution in [1.82, 2.24) is 15.0 Å². The molecule has 6 heteroatoms. The van der Waals surface area contributed by atoms with Crippen LogP contribution in [0, 0.1) is 0 Å². The molecule has 0 amide bonds. The van der Waals surface area contributed by atoms with Gasteiger partial charge in [-0.15, -0.1) is 0 Å². The predicted octanol–water partition coefficient (Wildman–Crippen LogP) is 0.837. The topological polar surface area (TPSA) is 70.8 Å². The second-order valence-electron chi connectivity index (χ2n) is 3.71. The predicted molar refractivity (Wildman–Crippen MR) is 68.6 cm³/mol. The number of hydrogen-bond donors (Lipinski definition) is 2. The Morgan fingerprint density at radius 1 is 1.22 bits per heavy atom. The molecular formula is C12H8AsN3O2. The van der Waals surface area contributed by atoms with Gasteiger partial charge in [0.2, 0.25) is 0 Å². The third-order valence-electron chi connectivity index (χ3n) is 2.43. The molecule has 2 radical (unpaired) electrons. The zero-order chi connectivity index (χ0) is 12.5. The number of nitrogens with one attached hydrogen (secondary N) is 2. The normalized spacial score (nSPS) is 10.7. The Hall–Kier alpha value is -2.00. The van der Waals surface area contributed by atoms with Crippen molar-refractivity contribution in [3.63, 3.8) is 0 Å². The SMILES string of the molecule is O=c1[nH]c2nccc(Oc3cccc([As])c3)c2[nH]1. The van der Waals surface area contributed by atoms with E-state index in [0.29, 0.717) is 22.7 Å². The quantitative estimate of drug-likeness (QED) is 0.689. The minimum absolute atomic E-state index is 0.297. The van der Waals surface area contributed by atoms with Crippen molar-refractivity contribution in [2.75, 3.05) is 0 Å². The molecule has 0 spiro atoms. The van der Waals surface area contributed by atoms with Gasteiger partial charge in [-0.3, -0.25) is 0 Å². The van der Waals surface area contributed by atoms with Gasteiger partial charge in [-0.1, -0.05) is 0 Å². The van der Waals surface area contributed by atoms with Gasteiger partial charge in [-0.2, -0.15) is 0 Å². The first kappa shape index (κ1) is 11.1. The monoisotopic (exact) mass is 301 g/mol. The molecule has 0 bridgehead atoms. The standard InChI is InChI=1S/C12H8AsN3O2/c13-7-2-1-3-8(6-7)18-9-4-5-14-11-10(9)15-12(17)16-11/h1-6H,(H2,14,15,16,17). The van der Waals surface area contributed by atoms with Crippen molar-refractivity contribution < 1.29 is 4.74 Å². The molecule has 0 aliphatic rings. The van der Waals surface area contributed by atoms with Crippen LogP contribution in [-0.2, 0) is 0 Å². The number of rotatable bonds is 2. The van der Waals surface area contributed by atoms with Crippen LogP contribution < -0.4 is 14.8 Å². The van der Waals surface area contributed by atoms with Crippen LogP contribution >= 0.6 is 0 Å². The number of fused-ring (bicyclic) bond motifs is 1. The van der Waals surface area contributed by atoms with Gasteiger partial charge in [-0.25, -0.2) is 0 Å². The number of imidazole rings is 1. The summed E-state index contributed by atoms with van der Waals surface area (Å²) in [5.74, 6) is 1.28. The second-order valence-corrected chi connectivity index (χ2v) is 4.79. The summed E-state index contributed by atoms with van der Waals surface area (Å²) in [6.45, 7) is 0. The van der Waals surface area contributed by atoms with E-state index in [1.807, 2.05) is 24.3 Å². The number of aromatic amines is 2. The first-order valence-corrected chi connectivity index (χ1v) is 6.20. The maximum absolute atomic E-state index is 11.2. The number of pyridine rings is 1. The Labute approximate surface area is 111 Å². The molecule has 0 atom stereocenters. The van der Waals surface area contributed by atoms with Crippen molar-refractivity contribution in [2.45, 2.75) is 0 Å². The van der Waals surface area contributed by atoms with E-state index in [2.05, 4.69) is 31.8 Å². The molecule has 3 rings (SSSR count). The molecule has 88 valence electrons. The summed E-state index contributed by atoms with van der Waals surface area (Å²) in [4.78, 5) is 20.5. The van der Waals surface area contributed by atoms with Crippen LogP contribution in [0.1, 0.15) is 0 Å². The van der Waals surface area contributed by atoms with Crippen molar-refractivity contribution in [2.24, 2.45) is 0 Å². The Balaban J connectivity index is 2.07. The van der Waals surface area contributed by atoms with Gasteiger partial charge < -0.3 is 0 Å². The third-order valence-corrected chi connectivity index (χ3v) is 3.01. The molecule has 2 N–H and O–H groups in total. The maximum atomic E-state index is 11.2. The molecule has 0 saturated carbocycles. The third kappa shape index (κ3) is 2.05. The van der Waals surface area contributed by atoms with E-state index >= 15 is 0 Å². The molecular weight excluding hydrogens is 293 g/mol. The first-order valence-electron chi connectivity index (χ1n) is 5.26. The fraction of sp³-hybridized carbons (Fsp3) is 0. The number of hydrogen-bond acceptors (Lipinski definition) is 3. The fourth-order valence-electron chi connectivity index (χ4n) is 1.67. The summed E-state index contributed by atoms with van der Waals surface area (Å²) in [5.41, 5.74) is 0.758. The van der Waals surface area contributed by atoms with E-state index in [1.165, 1.54) is 0 Å². The molecule has 18 heavy (non-hydrogen) atoms. The van der Waals surface area contributed by atoms with E-state index in [1.54, 1.807) is 12.3 Å². The van der Waals surface area contributed by atoms with Gasteiger partial charge >= 0.3 is 111 Å². The van der Waals surface area contributed by atoms with Crippen molar-refractivity contribution in [3.05, 3.63) is 47.0 Å². The molecule has 0 aliphatic heterocycles. The van der Waals surface area contributed by atoms with Gasteiger partial charge in [-0.05, 0) is 0 Å². The summed E-state index contributed by atoms with van der Waals surface area (Å²) >= 11 is 2.45. The summed E-state index contributed by atoms with van der Waals surface area (Å²) in [6.07, 6.45) is 1.59. The average Bonchev–Trinajstić information content (AvgIpc) is 2.71. The Kier molecular flexibility index (Phi) is 2.68. The molecule has 2 aromatic heterocycles.